The van der Waals surface area contributed by atoms with E-state index >= 15 is 0 Å². The summed E-state index contributed by atoms with van der Waals surface area (Å²) >= 11 is 4.16. The van der Waals surface area contributed by atoms with Gasteiger partial charge in [-0.15, -0.1) is 12.6 Å². The van der Waals surface area contributed by atoms with Crippen LogP contribution in [0, 0.1) is 0 Å². The van der Waals surface area contributed by atoms with Gasteiger partial charge in [0.15, 0.2) is 0 Å². The molecule has 0 aliphatic carbocycles. The van der Waals surface area contributed by atoms with E-state index in [-0.39, 0.29) is 12.3 Å². The molecule has 0 fully saturated rings. The number of benzene rings is 1. The smallest absolute Gasteiger partial charge is 0.251 e. The fraction of sp³-hybridized carbons (Fsp3) is 0.333. The maximum Gasteiger partial charge on any atom is 0.251 e. The molecule has 0 spiro atoms. The van der Waals surface area contributed by atoms with E-state index < -0.39 is 11.4 Å². The molecule has 0 bridgehead atoms. The van der Waals surface area contributed by atoms with Gasteiger partial charge in [0.25, 0.3) is 5.91 Å². The van der Waals surface area contributed by atoms with E-state index in [1.807, 2.05) is 0 Å². The molecule has 0 unspecified atom stereocenters. The summed E-state index contributed by atoms with van der Waals surface area (Å²) in [6, 6.07) is 6.89. The number of nitrogens with one attached hydrogen (secondary N) is 1. The Hall–Kier alpha value is -1.49. The third-order valence-corrected chi connectivity index (χ3v) is 2.45. The van der Waals surface area contributed by atoms with E-state index in [0.29, 0.717) is 10.5 Å². The van der Waals surface area contributed by atoms with Crippen molar-refractivity contribution in [1.29, 1.82) is 0 Å². The summed E-state index contributed by atoms with van der Waals surface area (Å²) in [7, 11) is 0. The molecule has 0 aliphatic rings. The molecule has 4 nitrogen and oxygen atoms in total. The van der Waals surface area contributed by atoms with Crippen LogP contribution >= 0.6 is 12.6 Å². The summed E-state index contributed by atoms with van der Waals surface area (Å²) in [6.07, 6.45) is 0.0965. The normalized spacial score (nSPS) is 11.0. The van der Waals surface area contributed by atoms with Crippen LogP contribution in [0.5, 0.6) is 0 Å². The number of nitrogens with two attached hydrogens (primary N) is 1. The number of amides is 2. The molecule has 92 valence electrons. The lowest BCUT2D eigenvalue weighted by Crippen LogP contribution is -2.46. The van der Waals surface area contributed by atoms with Crippen molar-refractivity contribution in [3.63, 3.8) is 0 Å². The van der Waals surface area contributed by atoms with Crippen molar-refractivity contribution in [2.45, 2.75) is 30.7 Å². The summed E-state index contributed by atoms with van der Waals surface area (Å²) in [6.45, 7) is 3.50. The van der Waals surface area contributed by atoms with Crippen LogP contribution in [0.1, 0.15) is 30.6 Å². The highest BCUT2D eigenvalue weighted by Gasteiger charge is 2.23. The number of hydrogen-bond donors (Lipinski definition) is 3. The second kappa shape index (κ2) is 5.23. The van der Waals surface area contributed by atoms with E-state index in [0.717, 1.165) is 0 Å². The zero-order valence-corrected chi connectivity index (χ0v) is 10.8. The zero-order chi connectivity index (χ0) is 13.1. The average Bonchev–Trinajstić information content (AvgIpc) is 2.14. The lowest BCUT2D eigenvalue weighted by Gasteiger charge is -2.24. The number of thiol groups is 1. The summed E-state index contributed by atoms with van der Waals surface area (Å²) in [5, 5.41) is 2.76. The standard InChI is InChI=1S/C12H16N2O2S/c1-12(2,7-10(13)15)14-11(16)8-4-3-5-9(17)6-8/h3-6,17H,7H2,1-2H3,(H2,13,15)(H,14,16). The summed E-state index contributed by atoms with van der Waals surface area (Å²) in [5.41, 5.74) is 4.97. The lowest BCUT2D eigenvalue weighted by molar-refractivity contribution is -0.119. The fourth-order valence-electron chi connectivity index (χ4n) is 1.51. The number of primary amides is 1. The van der Waals surface area contributed by atoms with Crippen LogP contribution in [-0.4, -0.2) is 17.4 Å². The SMILES string of the molecule is CC(C)(CC(N)=O)NC(=O)c1cccc(S)c1. The molecule has 1 aromatic carbocycles. The molecular formula is C12H16N2O2S. The van der Waals surface area contributed by atoms with Gasteiger partial charge in [-0.3, -0.25) is 9.59 Å². The number of carbonyl (C=O) groups is 2. The van der Waals surface area contributed by atoms with Crippen LogP contribution in [-0.2, 0) is 4.79 Å². The molecule has 17 heavy (non-hydrogen) atoms. The molecule has 0 saturated carbocycles. The van der Waals surface area contributed by atoms with Gasteiger partial charge in [0.05, 0.1) is 0 Å². The molecule has 1 aromatic rings. The van der Waals surface area contributed by atoms with Gasteiger partial charge >= 0.3 is 0 Å². The highest BCUT2D eigenvalue weighted by Crippen LogP contribution is 2.12. The fourth-order valence-corrected chi connectivity index (χ4v) is 1.73. The minimum atomic E-state index is -0.657. The topological polar surface area (TPSA) is 72.2 Å². The number of rotatable bonds is 4. The molecule has 0 heterocycles. The van der Waals surface area contributed by atoms with Crippen molar-refractivity contribution < 1.29 is 9.59 Å². The first-order valence-corrected chi connectivity index (χ1v) is 5.65. The second-order valence-electron chi connectivity index (χ2n) is 4.53. The minimum absolute atomic E-state index is 0.0965. The number of carbonyl (C=O) groups excluding carboxylic acids is 2. The van der Waals surface area contributed by atoms with E-state index in [1.165, 1.54) is 0 Å². The predicted octanol–water partition coefficient (Wildman–Crippen LogP) is 1.36. The van der Waals surface area contributed by atoms with Crippen LogP contribution in [0.15, 0.2) is 29.2 Å². The van der Waals surface area contributed by atoms with E-state index in [2.05, 4.69) is 17.9 Å². The van der Waals surface area contributed by atoms with Crippen molar-refractivity contribution in [3.05, 3.63) is 29.8 Å². The van der Waals surface area contributed by atoms with Crippen LogP contribution in [0.4, 0.5) is 0 Å². The third kappa shape index (κ3) is 4.48. The van der Waals surface area contributed by atoms with Crippen LogP contribution in [0.3, 0.4) is 0 Å². The molecule has 0 radical (unpaired) electrons. The zero-order valence-electron chi connectivity index (χ0n) is 9.86. The van der Waals surface area contributed by atoms with Gasteiger partial charge < -0.3 is 11.1 Å². The Morgan fingerprint density at radius 2 is 2.06 bits per heavy atom. The molecule has 1 rings (SSSR count). The van der Waals surface area contributed by atoms with Gasteiger partial charge in [-0.25, -0.2) is 0 Å². The first-order valence-electron chi connectivity index (χ1n) is 5.20. The van der Waals surface area contributed by atoms with Crippen molar-refractivity contribution in [2.75, 3.05) is 0 Å². The van der Waals surface area contributed by atoms with E-state index in [9.17, 15) is 9.59 Å². The maximum absolute atomic E-state index is 11.9. The Balaban J connectivity index is 2.75. The van der Waals surface area contributed by atoms with E-state index in [1.54, 1.807) is 38.1 Å². The quantitative estimate of drug-likeness (QED) is 0.708. The highest BCUT2D eigenvalue weighted by atomic mass is 32.1. The highest BCUT2D eigenvalue weighted by molar-refractivity contribution is 7.80. The average molecular weight is 252 g/mol. The summed E-state index contributed by atoms with van der Waals surface area (Å²) in [5.74, 6) is -0.689. The molecule has 0 atom stereocenters. The third-order valence-electron chi connectivity index (χ3n) is 2.18. The molecular weight excluding hydrogens is 236 g/mol. The lowest BCUT2D eigenvalue weighted by atomic mass is 9.99. The Bertz CT molecular complexity index is 444. The summed E-state index contributed by atoms with van der Waals surface area (Å²) < 4.78 is 0. The molecule has 0 aliphatic heterocycles. The Morgan fingerprint density at radius 1 is 1.41 bits per heavy atom. The van der Waals surface area contributed by atoms with Gasteiger partial charge in [-0.2, -0.15) is 0 Å². The van der Waals surface area contributed by atoms with Crippen molar-refractivity contribution in [3.8, 4) is 0 Å². The Morgan fingerprint density at radius 3 is 2.59 bits per heavy atom. The van der Waals surface area contributed by atoms with Crippen molar-refractivity contribution in [2.24, 2.45) is 5.73 Å². The van der Waals surface area contributed by atoms with Gasteiger partial charge in [0, 0.05) is 22.4 Å². The van der Waals surface area contributed by atoms with Crippen molar-refractivity contribution in [1.82, 2.24) is 5.32 Å². The Labute approximate surface area is 106 Å². The molecule has 5 heteroatoms. The van der Waals surface area contributed by atoms with E-state index in [4.69, 9.17) is 5.73 Å². The second-order valence-corrected chi connectivity index (χ2v) is 5.05. The molecule has 2 amide bonds. The van der Waals surface area contributed by atoms with Crippen LogP contribution < -0.4 is 11.1 Å². The first-order chi connectivity index (χ1) is 7.80. The first kappa shape index (κ1) is 13.6. The van der Waals surface area contributed by atoms with Crippen LogP contribution in [0.2, 0.25) is 0 Å². The summed E-state index contributed by atoms with van der Waals surface area (Å²) in [4.78, 5) is 23.5. The number of hydrogen-bond acceptors (Lipinski definition) is 3. The van der Waals surface area contributed by atoms with Gasteiger partial charge in [-0.1, -0.05) is 6.07 Å². The monoisotopic (exact) mass is 252 g/mol. The minimum Gasteiger partial charge on any atom is -0.370 e. The van der Waals surface area contributed by atoms with Gasteiger partial charge in [0.2, 0.25) is 5.91 Å². The molecule has 0 aromatic heterocycles. The van der Waals surface area contributed by atoms with Crippen LogP contribution in [0.25, 0.3) is 0 Å². The maximum atomic E-state index is 11.9. The predicted molar refractivity (Wildman–Crippen MR) is 69.1 cm³/mol. The van der Waals surface area contributed by atoms with Gasteiger partial charge in [0.1, 0.15) is 0 Å². The van der Waals surface area contributed by atoms with Gasteiger partial charge in [-0.05, 0) is 32.0 Å². The molecule has 0 saturated heterocycles. The molecule has 3 N–H and O–H groups in total. The van der Waals surface area contributed by atoms with Crippen molar-refractivity contribution >= 4 is 24.4 Å². The Kier molecular flexibility index (Phi) is 4.17. The largest absolute Gasteiger partial charge is 0.370 e.